The number of benzene rings is 2. The van der Waals surface area contributed by atoms with Crippen LogP contribution in [-0.4, -0.2) is 35.3 Å². The molecule has 3 nitrogen and oxygen atoms in total. The monoisotopic (exact) mass is 269 g/mol. The van der Waals surface area contributed by atoms with E-state index in [-0.39, 0.29) is 6.10 Å². The molecule has 2 aromatic carbocycles. The highest BCUT2D eigenvalue weighted by molar-refractivity contribution is 5.22. The molecule has 0 unspecified atom stereocenters. The van der Waals surface area contributed by atoms with Gasteiger partial charge in [-0.2, -0.15) is 0 Å². The van der Waals surface area contributed by atoms with Crippen LogP contribution in [0.25, 0.3) is 0 Å². The third-order valence-electron chi connectivity index (χ3n) is 3.59. The van der Waals surface area contributed by atoms with Crippen LogP contribution >= 0.6 is 0 Å². The Balaban J connectivity index is 1.59. The molecule has 3 rings (SSSR count). The van der Waals surface area contributed by atoms with E-state index >= 15 is 0 Å². The van der Waals surface area contributed by atoms with Crippen LogP contribution in [0, 0.1) is 0 Å². The van der Waals surface area contributed by atoms with Gasteiger partial charge in [-0.15, -0.1) is 0 Å². The van der Waals surface area contributed by atoms with E-state index < -0.39 is 6.10 Å². The molecule has 2 aromatic rings. The van der Waals surface area contributed by atoms with Gasteiger partial charge in [0.05, 0.1) is 0 Å². The Hall–Kier alpha value is -1.84. The Kier molecular flexibility index (Phi) is 4.00. The zero-order chi connectivity index (χ0) is 13.8. The molecular formula is C17H19NO2. The lowest BCUT2D eigenvalue weighted by molar-refractivity contribution is 0.0737. The molecule has 0 bridgehead atoms. The highest BCUT2D eigenvalue weighted by Gasteiger charge is 2.32. The molecule has 1 fully saturated rings. The Morgan fingerprint density at radius 1 is 0.950 bits per heavy atom. The summed E-state index contributed by atoms with van der Waals surface area (Å²) < 4.78 is 5.86. The van der Waals surface area contributed by atoms with Crippen LogP contribution < -0.4 is 4.74 Å². The van der Waals surface area contributed by atoms with Crippen molar-refractivity contribution in [1.29, 1.82) is 0 Å². The van der Waals surface area contributed by atoms with Crippen LogP contribution in [0.1, 0.15) is 5.56 Å². The van der Waals surface area contributed by atoms with Crippen molar-refractivity contribution in [3.63, 3.8) is 0 Å². The highest BCUT2D eigenvalue weighted by atomic mass is 16.5. The number of hydrogen-bond donors (Lipinski definition) is 1. The number of β-amino-alcohol motifs (C(OH)–C–C–N with tert-alkyl or cyclic N) is 1. The van der Waals surface area contributed by atoms with Gasteiger partial charge in [0.15, 0.2) is 0 Å². The maximum absolute atomic E-state index is 10.1. The molecule has 1 saturated heterocycles. The fourth-order valence-corrected chi connectivity index (χ4v) is 2.59. The minimum atomic E-state index is -0.432. The number of nitrogens with zero attached hydrogens (tertiary/aromatic N) is 1. The zero-order valence-corrected chi connectivity index (χ0v) is 11.4. The smallest absolute Gasteiger partial charge is 0.138 e. The van der Waals surface area contributed by atoms with Gasteiger partial charge in [-0.05, 0) is 17.7 Å². The van der Waals surface area contributed by atoms with Crippen molar-refractivity contribution < 1.29 is 9.84 Å². The summed E-state index contributed by atoms with van der Waals surface area (Å²) in [6, 6.07) is 20.0. The van der Waals surface area contributed by atoms with Gasteiger partial charge in [-0.3, -0.25) is 4.90 Å². The Labute approximate surface area is 119 Å². The molecule has 3 heteroatoms. The molecule has 1 aliphatic heterocycles. The molecular weight excluding hydrogens is 250 g/mol. The maximum atomic E-state index is 10.1. The van der Waals surface area contributed by atoms with Crippen LogP contribution in [0.4, 0.5) is 0 Å². The van der Waals surface area contributed by atoms with Crippen molar-refractivity contribution in [2.45, 2.75) is 18.8 Å². The van der Waals surface area contributed by atoms with Gasteiger partial charge in [0.2, 0.25) is 0 Å². The summed E-state index contributed by atoms with van der Waals surface area (Å²) >= 11 is 0. The molecule has 0 spiro atoms. The maximum Gasteiger partial charge on any atom is 0.138 e. The summed E-state index contributed by atoms with van der Waals surface area (Å²) in [4.78, 5) is 2.23. The van der Waals surface area contributed by atoms with Gasteiger partial charge in [0.25, 0.3) is 0 Å². The van der Waals surface area contributed by atoms with Gasteiger partial charge >= 0.3 is 0 Å². The summed E-state index contributed by atoms with van der Waals surface area (Å²) in [7, 11) is 0. The molecule has 0 aliphatic carbocycles. The lowest BCUT2D eigenvalue weighted by Gasteiger charge is -2.17. The van der Waals surface area contributed by atoms with Crippen molar-refractivity contribution in [2.75, 3.05) is 13.1 Å². The Morgan fingerprint density at radius 3 is 2.30 bits per heavy atom. The van der Waals surface area contributed by atoms with Crippen molar-refractivity contribution in [3.8, 4) is 5.75 Å². The first-order valence-corrected chi connectivity index (χ1v) is 6.97. The first-order valence-electron chi connectivity index (χ1n) is 6.97. The molecule has 0 radical (unpaired) electrons. The first kappa shape index (κ1) is 13.2. The largest absolute Gasteiger partial charge is 0.486 e. The number of hydrogen-bond acceptors (Lipinski definition) is 3. The topological polar surface area (TPSA) is 32.7 Å². The van der Waals surface area contributed by atoms with E-state index in [2.05, 4.69) is 17.0 Å². The van der Waals surface area contributed by atoms with Crippen LogP contribution in [0.5, 0.6) is 5.75 Å². The number of aliphatic hydroxyl groups excluding tert-OH is 1. The summed E-state index contributed by atoms with van der Waals surface area (Å²) in [5.41, 5.74) is 1.26. The minimum absolute atomic E-state index is 0.152. The second-order valence-electron chi connectivity index (χ2n) is 5.22. The van der Waals surface area contributed by atoms with Crippen LogP contribution in [0.3, 0.4) is 0 Å². The molecule has 1 aliphatic rings. The minimum Gasteiger partial charge on any atom is -0.486 e. The van der Waals surface area contributed by atoms with E-state index in [1.165, 1.54) is 5.56 Å². The van der Waals surface area contributed by atoms with E-state index in [0.717, 1.165) is 18.8 Å². The average Bonchev–Trinajstić information content (AvgIpc) is 2.81. The predicted octanol–water partition coefficient (Wildman–Crippen LogP) is 2.31. The van der Waals surface area contributed by atoms with Crippen LogP contribution in [0.2, 0.25) is 0 Å². The van der Waals surface area contributed by atoms with Gasteiger partial charge in [-0.25, -0.2) is 0 Å². The third kappa shape index (κ3) is 3.18. The Bertz CT molecular complexity index is 529. The summed E-state index contributed by atoms with van der Waals surface area (Å²) in [5, 5.41) is 10.1. The highest BCUT2D eigenvalue weighted by Crippen LogP contribution is 2.20. The fourth-order valence-electron chi connectivity index (χ4n) is 2.59. The normalized spacial score (nSPS) is 22.9. The lowest BCUT2D eigenvalue weighted by atomic mass is 10.2. The van der Waals surface area contributed by atoms with E-state index in [0.29, 0.717) is 6.54 Å². The molecule has 2 atom stereocenters. The van der Waals surface area contributed by atoms with Crippen LogP contribution in [-0.2, 0) is 6.54 Å². The molecule has 104 valence electrons. The average molecular weight is 269 g/mol. The lowest BCUT2D eigenvalue weighted by Crippen LogP contribution is -2.29. The van der Waals surface area contributed by atoms with Crippen LogP contribution in [0.15, 0.2) is 60.7 Å². The number of ether oxygens (including phenoxy) is 1. The van der Waals surface area contributed by atoms with E-state index in [1.807, 2.05) is 48.5 Å². The summed E-state index contributed by atoms with van der Waals surface area (Å²) in [5.74, 6) is 0.818. The number of likely N-dealkylation sites (tertiary alicyclic amines) is 1. The third-order valence-corrected chi connectivity index (χ3v) is 3.59. The van der Waals surface area contributed by atoms with Gasteiger partial charge in [0, 0.05) is 19.6 Å². The number of aliphatic hydroxyl groups is 1. The van der Waals surface area contributed by atoms with Crippen molar-refractivity contribution in [2.24, 2.45) is 0 Å². The van der Waals surface area contributed by atoms with Crippen molar-refractivity contribution >= 4 is 0 Å². The van der Waals surface area contributed by atoms with Gasteiger partial charge < -0.3 is 9.84 Å². The van der Waals surface area contributed by atoms with Crippen molar-refractivity contribution in [1.82, 2.24) is 4.90 Å². The van der Waals surface area contributed by atoms with E-state index in [9.17, 15) is 5.11 Å². The number of para-hydroxylation sites is 1. The zero-order valence-electron chi connectivity index (χ0n) is 11.4. The quantitative estimate of drug-likeness (QED) is 0.924. The molecule has 20 heavy (non-hydrogen) atoms. The molecule has 1 N–H and O–H groups in total. The van der Waals surface area contributed by atoms with Gasteiger partial charge in [0.1, 0.15) is 18.0 Å². The van der Waals surface area contributed by atoms with E-state index in [1.54, 1.807) is 0 Å². The fraction of sp³-hybridized carbons (Fsp3) is 0.294. The standard InChI is InChI=1S/C17H19NO2/c19-16-12-18(11-14-7-3-1-4-8-14)13-17(16)20-15-9-5-2-6-10-15/h1-10,16-17,19H,11-13H2/t16-,17+/m1/s1. The number of rotatable bonds is 4. The molecule has 1 heterocycles. The SMILES string of the molecule is O[C@@H]1CN(Cc2ccccc2)C[C@@H]1Oc1ccccc1. The summed E-state index contributed by atoms with van der Waals surface area (Å²) in [6.07, 6.45) is -0.583. The first-order chi connectivity index (χ1) is 9.81. The summed E-state index contributed by atoms with van der Waals surface area (Å²) in [6.45, 7) is 2.27. The molecule has 0 saturated carbocycles. The molecule has 0 aromatic heterocycles. The Morgan fingerprint density at radius 2 is 1.60 bits per heavy atom. The second kappa shape index (κ2) is 6.07. The molecule has 0 amide bonds. The van der Waals surface area contributed by atoms with E-state index in [4.69, 9.17) is 4.74 Å². The van der Waals surface area contributed by atoms with Crippen molar-refractivity contribution in [3.05, 3.63) is 66.2 Å². The predicted molar refractivity (Wildman–Crippen MR) is 78.6 cm³/mol. The van der Waals surface area contributed by atoms with Gasteiger partial charge in [-0.1, -0.05) is 48.5 Å². The second-order valence-corrected chi connectivity index (χ2v) is 5.22.